The SMILES string of the molecule is C=C/C(=C\C)COc1ccc(C)cc1. The van der Waals surface area contributed by atoms with Gasteiger partial charge in [-0.15, -0.1) is 0 Å². The van der Waals surface area contributed by atoms with E-state index in [1.807, 2.05) is 43.3 Å². The lowest BCUT2D eigenvalue weighted by molar-refractivity contribution is 0.355. The van der Waals surface area contributed by atoms with Crippen LogP contribution in [0.15, 0.2) is 48.6 Å². The maximum Gasteiger partial charge on any atom is 0.119 e. The average Bonchev–Trinajstić information content (AvgIpc) is 2.22. The molecule has 0 aliphatic heterocycles. The van der Waals surface area contributed by atoms with Gasteiger partial charge in [0.15, 0.2) is 0 Å². The number of hydrogen-bond acceptors (Lipinski definition) is 1. The number of aryl methyl sites for hydroxylation is 1. The Morgan fingerprint density at radius 2 is 2.00 bits per heavy atom. The highest BCUT2D eigenvalue weighted by molar-refractivity contribution is 5.27. The van der Waals surface area contributed by atoms with Crippen LogP contribution in [0.3, 0.4) is 0 Å². The fraction of sp³-hybridized carbons (Fsp3) is 0.231. The van der Waals surface area contributed by atoms with Gasteiger partial charge in [-0.3, -0.25) is 0 Å². The van der Waals surface area contributed by atoms with Crippen molar-refractivity contribution in [3.05, 3.63) is 54.1 Å². The Balaban J connectivity index is 2.53. The summed E-state index contributed by atoms with van der Waals surface area (Å²) in [6, 6.07) is 8.04. The first-order valence-electron chi connectivity index (χ1n) is 4.73. The summed E-state index contributed by atoms with van der Waals surface area (Å²) in [6.07, 6.45) is 3.81. The van der Waals surface area contributed by atoms with E-state index in [4.69, 9.17) is 4.74 Å². The smallest absolute Gasteiger partial charge is 0.119 e. The molecule has 0 aliphatic rings. The predicted octanol–water partition coefficient (Wildman–Crippen LogP) is 3.51. The largest absolute Gasteiger partial charge is 0.489 e. The molecule has 0 unspecified atom stereocenters. The van der Waals surface area contributed by atoms with Gasteiger partial charge in [-0.2, -0.15) is 0 Å². The number of benzene rings is 1. The molecule has 0 fully saturated rings. The predicted molar refractivity (Wildman–Crippen MR) is 60.6 cm³/mol. The maximum absolute atomic E-state index is 5.57. The molecule has 0 spiro atoms. The van der Waals surface area contributed by atoms with Crippen LogP contribution in [0.2, 0.25) is 0 Å². The first kappa shape index (κ1) is 10.6. The van der Waals surface area contributed by atoms with Gasteiger partial charge < -0.3 is 4.74 Å². The minimum Gasteiger partial charge on any atom is -0.489 e. The molecule has 0 saturated heterocycles. The van der Waals surface area contributed by atoms with Crippen molar-refractivity contribution in [2.24, 2.45) is 0 Å². The quantitative estimate of drug-likeness (QED) is 0.657. The fourth-order valence-corrected chi connectivity index (χ4v) is 1.06. The third-order valence-electron chi connectivity index (χ3n) is 2.06. The van der Waals surface area contributed by atoms with E-state index in [2.05, 4.69) is 13.5 Å². The molecular formula is C13H16O. The summed E-state index contributed by atoms with van der Waals surface area (Å²) in [5, 5.41) is 0. The zero-order valence-corrected chi connectivity index (χ0v) is 8.79. The molecular weight excluding hydrogens is 172 g/mol. The van der Waals surface area contributed by atoms with E-state index in [-0.39, 0.29) is 0 Å². The van der Waals surface area contributed by atoms with Crippen molar-refractivity contribution in [2.45, 2.75) is 13.8 Å². The number of rotatable bonds is 4. The lowest BCUT2D eigenvalue weighted by atomic mass is 10.2. The molecule has 0 aromatic heterocycles. The van der Waals surface area contributed by atoms with E-state index in [1.165, 1.54) is 5.56 Å². The second-order valence-electron chi connectivity index (χ2n) is 3.17. The van der Waals surface area contributed by atoms with E-state index in [0.29, 0.717) is 6.61 Å². The summed E-state index contributed by atoms with van der Waals surface area (Å²) < 4.78 is 5.57. The van der Waals surface area contributed by atoms with E-state index < -0.39 is 0 Å². The summed E-state index contributed by atoms with van der Waals surface area (Å²) >= 11 is 0. The second kappa shape index (κ2) is 5.28. The number of allylic oxidation sites excluding steroid dienone is 1. The van der Waals surface area contributed by atoms with Crippen LogP contribution in [0.1, 0.15) is 12.5 Å². The Labute approximate surface area is 85.7 Å². The second-order valence-corrected chi connectivity index (χ2v) is 3.17. The molecule has 1 aromatic rings. The van der Waals surface area contributed by atoms with Crippen LogP contribution in [-0.4, -0.2) is 6.61 Å². The van der Waals surface area contributed by atoms with Gasteiger partial charge in [-0.25, -0.2) is 0 Å². The third-order valence-corrected chi connectivity index (χ3v) is 2.06. The fourth-order valence-electron chi connectivity index (χ4n) is 1.06. The van der Waals surface area contributed by atoms with Gasteiger partial charge >= 0.3 is 0 Å². The van der Waals surface area contributed by atoms with Gasteiger partial charge in [-0.05, 0) is 31.6 Å². The summed E-state index contributed by atoms with van der Waals surface area (Å²) in [4.78, 5) is 0. The Hall–Kier alpha value is -1.50. The number of ether oxygens (including phenoxy) is 1. The summed E-state index contributed by atoms with van der Waals surface area (Å²) in [6.45, 7) is 8.34. The van der Waals surface area contributed by atoms with Gasteiger partial charge in [-0.1, -0.05) is 36.4 Å². The molecule has 0 N–H and O–H groups in total. The van der Waals surface area contributed by atoms with Crippen molar-refractivity contribution in [3.8, 4) is 5.75 Å². The highest BCUT2D eigenvalue weighted by Gasteiger charge is 1.94. The number of hydrogen-bond donors (Lipinski definition) is 0. The molecule has 0 atom stereocenters. The van der Waals surface area contributed by atoms with Crippen LogP contribution < -0.4 is 4.74 Å². The zero-order valence-electron chi connectivity index (χ0n) is 8.79. The van der Waals surface area contributed by atoms with Crippen LogP contribution in [0.25, 0.3) is 0 Å². The third kappa shape index (κ3) is 3.09. The maximum atomic E-state index is 5.57. The van der Waals surface area contributed by atoms with E-state index in [9.17, 15) is 0 Å². The van der Waals surface area contributed by atoms with Gasteiger partial charge in [0.05, 0.1) is 0 Å². The molecule has 14 heavy (non-hydrogen) atoms. The minimum absolute atomic E-state index is 0.586. The molecule has 74 valence electrons. The first-order chi connectivity index (χ1) is 6.76. The minimum atomic E-state index is 0.586. The molecule has 0 aliphatic carbocycles. The monoisotopic (exact) mass is 188 g/mol. The zero-order chi connectivity index (χ0) is 10.4. The molecule has 1 rings (SSSR count). The van der Waals surface area contributed by atoms with E-state index in [1.54, 1.807) is 0 Å². The van der Waals surface area contributed by atoms with Crippen molar-refractivity contribution in [3.63, 3.8) is 0 Å². The van der Waals surface area contributed by atoms with E-state index in [0.717, 1.165) is 11.3 Å². The molecule has 0 saturated carbocycles. The molecule has 0 amide bonds. The lowest BCUT2D eigenvalue weighted by Crippen LogP contribution is -1.98. The standard InChI is InChI=1S/C13H16O/c1-4-12(5-2)10-14-13-8-6-11(3)7-9-13/h4-9H,1,10H2,2-3H3/b12-5+. The average molecular weight is 188 g/mol. The first-order valence-corrected chi connectivity index (χ1v) is 4.73. The highest BCUT2D eigenvalue weighted by atomic mass is 16.5. The summed E-state index contributed by atoms with van der Waals surface area (Å²) in [5.74, 6) is 0.900. The van der Waals surface area contributed by atoms with Crippen LogP contribution in [-0.2, 0) is 0 Å². The van der Waals surface area contributed by atoms with Crippen LogP contribution in [0.4, 0.5) is 0 Å². The van der Waals surface area contributed by atoms with Gasteiger partial charge in [0.1, 0.15) is 12.4 Å². The van der Waals surface area contributed by atoms with Crippen molar-refractivity contribution in [1.29, 1.82) is 0 Å². The molecule has 0 heterocycles. The van der Waals surface area contributed by atoms with Crippen LogP contribution >= 0.6 is 0 Å². The normalized spacial score (nSPS) is 11.1. The van der Waals surface area contributed by atoms with Crippen LogP contribution in [0.5, 0.6) is 5.75 Å². The van der Waals surface area contributed by atoms with Crippen molar-refractivity contribution >= 4 is 0 Å². The van der Waals surface area contributed by atoms with Crippen molar-refractivity contribution in [1.82, 2.24) is 0 Å². The molecule has 1 heteroatoms. The topological polar surface area (TPSA) is 9.23 Å². The Morgan fingerprint density at radius 1 is 1.36 bits per heavy atom. The molecule has 1 nitrogen and oxygen atoms in total. The summed E-state index contributed by atoms with van der Waals surface area (Å²) in [5.41, 5.74) is 2.35. The Kier molecular flexibility index (Phi) is 3.99. The van der Waals surface area contributed by atoms with Crippen molar-refractivity contribution in [2.75, 3.05) is 6.61 Å². The van der Waals surface area contributed by atoms with Gasteiger partial charge in [0.25, 0.3) is 0 Å². The van der Waals surface area contributed by atoms with Gasteiger partial charge in [0, 0.05) is 0 Å². The Morgan fingerprint density at radius 3 is 2.50 bits per heavy atom. The van der Waals surface area contributed by atoms with Crippen LogP contribution in [0, 0.1) is 6.92 Å². The summed E-state index contributed by atoms with van der Waals surface area (Å²) in [7, 11) is 0. The molecule has 0 radical (unpaired) electrons. The van der Waals surface area contributed by atoms with Gasteiger partial charge in [0.2, 0.25) is 0 Å². The van der Waals surface area contributed by atoms with E-state index >= 15 is 0 Å². The molecule has 0 bridgehead atoms. The molecule has 1 aromatic carbocycles. The highest BCUT2D eigenvalue weighted by Crippen LogP contribution is 2.12. The lowest BCUT2D eigenvalue weighted by Gasteiger charge is -2.06. The van der Waals surface area contributed by atoms with Crippen molar-refractivity contribution < 1.29 is 4.74 Å². The Bertz CT molecular complexity index is 320.